The Morgan fingerprint density at radius 3 is 2.20 bits per heavy atom. The van der Waals surface area contributed by atoms with Gasteiger partial charge in [0, 0.05) is 23.3 Å². The third-order valence-corrected chi connectivity index (χ3v) is 4.97. The summed E-state index contributed by atoms with van der Waals surface area (Å²) in [5.74, 6) is 0.299. The lowest BCUT2D eigenvalue weighted by atomic mass is 10.1. The van der Waals surface area contributed by atoms with Gasteiger partial charge in [0.25, 0.3) is 5.91 Å². The van der Waals surface area contributed by atoms with E-state index in [-0.39, 0.29) is 11.5 Å². The first-order valence-electron chi connectivity index (χ1n) is 10.8. The third-order valence-electron chi connectivity index (χ3n) is 4.71. The molecule has 0 saturated carbocycles. The van der Waals surface area contributed by atoms with E-state index in [1.165, 1.54) is 13.0 Å². The van der Waals surface area contributed by atoms with Crippen LogP contribution in [-0.4, -0.2) is 18.4 Å². The van der Waals surface area contributed by atoms with E-state index in [9.17, 15) is 14.9 Å². The molecule has 0 spiro atoms. The Balaban J connectivity index is 1.73. The van der Waals surface area contributed by atoms with E-state index in [0.717, 1.165) is 5.56 Å². The Bertz CT molecular complexity index is 1260. The molecular formula is C27H24ClN3O4. The van der Waals surface area contributed by atoms with Gasteiger partial charge in [-0.3, -0.25) is 9.59 Å². The van der Waals surface area contributed by atoms with Crippen molar-refractivity contribution in [2.75, 3.05) is 17.2 Å². The molecule has 7 nitrogen and oxygen atoms in total. The topological polar surface area (TPSA) is 100 Å². The first kappa shape index (κ1) is 25.3. The van der Waals surface area contributed by atoms with E-state index in [1.54, 1.807) is 54.6 Å². The number of nitriles is 1. The minimum Gasteiger partial charge on any atom is -0.490 e. The summed E-state index contributed by atoms with van der Waals surface area (Å²) < 4.78 is 11.6. The summed E-state index contributed by atoms with van der Waals surface area (Å²) in [5, 5.41) is 15.5. The number of ether oxygens (including phenoxy) is 2. The summed E-state index contributed by atoms with van der Waals surface area (Å²) in [5.41, 5.74) is 2.59. The van der Waals surface area contributed by atoms with Crippen LogP contribution in [-0.2, 0) is 16.2 Å². The van der Waals surface area contributed by atoms with E-state index >= 15 is 0 Å². The maximum Gasteiger partial charge on any atom is 0.266 e. The van der Waals surface area contributed by atoms with Crippen LogP contribution < -0.4 is 20.1 Å². The van der Waals surface area contributed by atoms with E-state index in [0.29, 0.717) is 46.7 Å². The molecule has 0 aliphatic heterocycles. The molecule has 2 N–H and O–H groups in total. The number of benzene rings is 3. The largest absolute Gasteiger partial charge is 0.490 e. The molecular weight excluding hydrogens is 466 g/mol. The molecule has 2 amide bonds. The normalized spacial score (nSPS) is 10.7. The molecule has 3 rings (SSSR count). The molecule has 0 bridgehead atoms. The van der Waals surface area contributed by atoms with Gasteiger partial charge in [0.05, 0.1) is 6.61 Å². The zero-order valence-electron chi connectivity index (χ0n) is 19.3. The van der Waals surface area contributed by atoms with Crippen molar-refractivity contribution in [3.05, 3.63) is 88.5 Å². The predicted molar refractivity (Wildman–Crippen MR) is 136 cm³/mol. The number of nitrogens with zero attached hydrogens (tertiary/aromatic N) is 1. The SMILES string of the molecule is CCOc1cc(/C=C(\C#N)C(=O)Nc2ccc(NC(C)=O)cc2)ccc1OCc1ccc(Cl)cc1. The highest BCUT2D eigenvalue weighted by Crippen LogP contribution is 2.30. The third kappa shape index (κ3) is 7.63. The molecule has 0 radical (unpaired) electrons. The summed E-state index contributed by atoms with van der Waals surface area (Å²) in [6.07, 6.45) is 1.48. The van der Waals surface area contributed by atoms with Crippen LogP contribution in [0, 0.1) is 11.3 Å². The Kier molecular flexibility index (Phi) is 8.88. The number of hydrogen-bond donors (Lipinski definition) is 2. The Morgan fingerprint density at radius 1 is 0.943 bits per heavy atom. The fourth-order valence-electron chi connectivity index (χ4n) is 3.10. The Labute approximate surface area is 208 Å². The van der Waals surface area contributed by atoms with Gasteiger partial charge in [0.1, 0.15) is 18.2 Å². The van der Waals surface area contributed by atoms with Crippen molar-refractivity contribution in [2.45, 2.75) is 20.5 Å². The van der Waals surface area contributed by atoms with Crippen LogP contribution >= 0.6 is 11.6 Å². The van der Waals surface area contributed by atoms with E-state index in [1.807, 2.05) is 25.1 Å². The summed E-state index contributed by atoms with van der Waals surface area (Å²) in [4.78, 5) is 23.8. The van der Waals surface area contributed by atoms with Crippen LogP contribution in [0.5, 0.6) is 11.5 Å². The van der Waals surface area contributed by atoms with Gasteiger partial charge in [-0.15, -0.1) is 0 Å². The minimum atomic E-state index is -0.555. The summed E-state index contributed by atoms with van der Waals surface area (Å²) in [6.45, 7) is 4.02. The average Bonchev–Trinajstić information content (AvgIpc) is 2.84. The smallest absolute Gasteiger partial charge is 0.266 e. The molecule has 0 saturated heterocycles. The van der Waals surface area contributed by atoms with E-state index < -0.39 is 5.91 Å². The second kappa shape index (κ2) is 12.3. The number of hydrogen-bond acceptors (Lipinski definition) is 5. The van der Waals surface area contributed by atoms with Crippen molar-refractivity contribution in [3.8, 4) is 17.6 Å². The molecule has 8 heteroatoms. The van der Waals surface area contributed by atoms with Crippen LogP contribution in [0.2, 0.25) is 5.02 Å². The predicted octanol–water partition coefficient (Wildman–Crippen LogP) is 5.82. The second-order valence-electron chi connectivity index (χ2n) is 7.44. The highest BCUT2D eigenvalue weighted by atomic mass is 35.5. The Morgan fingerprint density at radius 2 is 1.60 bits per heavy atom. The monoisotopic (exact) mass is 489 g/mol. The van der Waals surface area contributed by atoms with Crippen LogP contribution in [0.3, 0.4) is 0 Å². The van der Waals surface area contributed by atoms with Gasteiger partial charge >= 0.3 is 0 Å². The van der Waals surface area contributed by atoms with Gasteiger partial charge in [-0.2, -0.15) is 5.26 Å². The zero-order valence-corrected chi connectivity index (χ0v) is 20.1. The Hall–Kier alpha value is -4.28. The second-order valence-corrected chi connectivity index (χ2v) is 7.87. The molecule has 0 aliphatic carbocycles. The van der Waals surface area contributed by atoms with Crippen LogP contribution in [0.4, 0.5) is 11.4 Å². The molecule has 0 aliphatic rings. The van der Waals surface area contributed by atoms with Crippen molar-refractivity contribution >= 4 is 40.9 Å². The molecule has 0 atom stereocenters. The first-order valence-corrected chi connectivity index (χ1v) is 11.2. The number of carbonyl (C=O) groups excluding carboxylic acids is 2. The van der Waals surface area contributed by atoms with Crippen LogP contribution in [0.15, 0.2) is 72.3 Å². The van der Waals surface area contributed by atoms with Gasteiger partial charge in [-0.1, -0.05) is 29.8 Å². The quantitative estimate of drug-likeness (QED) is 0.291. The first-order chi connectivity index (χ1) is 16.9. The maximum atomic E-state index is 12.6. The summed E-state index contributed by atoms with van der Waals surface area (Å²) >= 11 is 5.92. The molecule has 3 aromatic carbocycles. The van der Waals surface area contributed by atoms with Gasteiger partial charge in [-0.05, 0) is 72.7 Å². The van der Waals surface area contributed by atoms with Crippen molar-refractivity contribution in [1.82, 2.24) is 0 Å². The number of anilines is 2. The van der Waals surface area contributed by atoms with Gasteiger partial charge < -0.3 is 20.1 Å². The van der Waals surface area contributed by atoms with Crippen molar-refractivity contribution in [2.24, 2.45) is 0 Å². The van der Waals surface area contributed by atoms with E-state index in [4.69, 9.17) is 21.1 Å². The van der Waals surface area contributed by atoms with Crippen LogP contribution in [0.1, 0.15) is 25.0 Å². The number of halogens is 1. The number of amides is 2. The molecule has 178 valence electrons. The fraction of sp³-hybridized carbons (Fsp3) is 0.148. The molecule has 0 fully saturated rings. The fourth-order valence-corrected chi connectivity index (χ4v) is 3.22. The zero-order chi connectivity index (χ0) is 25.2. The molecule has 0 unspecified atom stereocenters. The van der Waals surface area contributed by atoms with Gasteiger partial charge in [-0.25, -0.2) is 0 Å². The minimum absolute atomic E-state index is 0.0757. The lowest BCUT2D eigenvalue weighted by Gasteiger charge is -2.13. The molecule has 0 aromatic heterocycles. The van der Waals surface area contributed by atoms with E-state index in [2.05, 4.69) is 10.6 Å². The molecule has 0 heterocycles. The average molecular weight is 490 g/mol. The highest BCUT2D eigenvalue weighted by Gasteiger charge is 2.12. The molecule has 3 aromatic rings. The van der Waals surface area contributed by atoms with Crippen molar-refractivity contribution in [3.63, 3.8) is 0 Å². The molecule has 35 heavy (non-hydrogen) atoms. The number of carbonyl (C=O) groups is 2. The van der Waals surface area contributed by atoms with Crippen molar-refractivity contribution in [1.29, 1.82) is 5.26 Å². The highest BCUT2D eigenvalue weighted by molar-refractivity contribution is 6.30. The van der Waals surface area contributed by atoms with Gasteiger partial charge in [0.2, 0.25) is 5.91 Å². The number of nitrogens with one attached hydrogen (secondary N) is 2. The van der Waals surface area contributed by atoms with Crippen molar-refractivity contribution < 1.29 is 19.1 Å². The lowest BCUT2D eigenvalue weighted by Crippen LogP contribution is -2.13. The number of rotatable bonds is 9. The maximum absolute atomic E-state index is 12.6. The summed E-state index contributed by atoms with van der Waals surface area (Å²) in [6, 6.07) is 21.1. The van der Waals surface area contributed by atoms with Gasteiger partial charge in [0.15, 0.2) is 11.5 Å². The lowest BCUT2D eigenvalue weighted by molar-refractivity contribution is -0.114. The standard InChI is InChI=1S/C27H24ClN3O4/c1-3-34-26-15-20(6-13-25(26)35-17-19-4-7-22(28)8-5-19)14-21(16-29)27(33)31-24-11-9-23(10-12-24)30-18(2)32/h4-15H,3,17H2,1-2H3,(H,30,32)(H,31,33)/b21-14+. The summed E-state index contributed by atoms with van der Waals surface area (Å²) in [7, 11) is 0. The van der Waals surface area contributed by atoms with Crippen LogP contribution in [0.25, 0.3) is 6.08 Å².